The number of rotatable bonds is 2. The van der Waals surface area contributed by atoms with E-state index in [0.717, 1.165) is 11.6 Å². The summed E-state index contributed by atoms with van der Waals surface area (Å²) in [6.07, 6.45) is 8.91. The zero-order chi connectivity index (χ0) is 12.4. The summed E-state index contributed by atoms with van der Waals surface area (Å²) >= 11 is 0. The Morgan fingerprint density at radius 1 is 1.06 bits per heavy atom. The molecule has 18 heavy (non-hydrogen) atoms. The highest BCUT2D eigenvalue weighted by Gasteiger charge is 2.20. The maximum Gasteiger partial charge on any atom is 0.0648 e. The SMILES string of the molecule is Cc1c(C2CCCCC2)cnn1-c1ccccc1. The maximum absolute atomic E-state index is 4.58. The first-order valence-electron chi connectivity index (χ1n) is 6.96. The Labute approximate surface area is 109 Å². The van der Waals surface area contributed by atoms with Crippen molar-refractivity contribution in [1.29, 1.82) is 0 Å². The third-order valence-corrected chi connectivity index (χ3v) is 4.09. The molecule has 1 aliphatic carbocycles. The molecule has 3 rings (SSSR count). The van der Waals surface area contributed by atoms with Gasteiger partial charge in [0.25, 0.3) is 0 Å². The van der Waals surface area contributed by atoms with Gasteiger partial charge >= 0.3 is 0 Å². The highest BCUT2D eigenvalue weighted by atomic mass is 15.3. The van der Waals surface area contributed by atoms with Crippen LogP contribution in [0.2, 0.25) is 0 Å². The molecule has 94 valence electrons. The van der Waals surface area contributed by atoms with Crippen LogP contribution in [0.15, 0.2) is 36.5 Å². The summed E-state index contributed by atoms with van der Waals surface area (Å²) in [4.78, 5) is 0. The molecule has 0 N–H and O–H groups in total. The molecule has 0 spiro atoms. The van der Waals surface area contributed by atoms with Crippen LogP contribution in [0.4, 0.5) is 0 Å². The van der Waals surface area contributed by atoms with E-state index in [1.165, 1.54) is 43.4 Å². The minimum absolute atomic E-state index is 0.733. The molecule has 1 aromatic carbocycles. The van der Waals surface area contributed by atoms with Gasteiger partial charge in [-0.1, -0.05) is 37.5 Å². The summed E-state index contributed by atoms with van der Waals surface area (Å²) in [6, 6.07) is 10.4. The molecular weight excluding hydrogens is 220 g/mol. The first-order valence-corrected chi connectivity index (χ1v) is 6.96. The van der Waals surface area contributed by atoms with Crippen molar-refractivity contribution in [3.8, 4) is 5.69 Å². The van der Waals surface area contributed by atoms with Crippen LogP contribution in [0, 0.1) is 6.92 Å². The molecule has 0 bridgehead atoms. The van der Waals surface area contributed by atoms with Gasteiger partial charge in [-0.2, -0.15) is 5.10 Å². The van der Waals surface area contributed by atoms with Crippen LogP contribution >= 0.6 is 0 Å². The van der Waals surface area contributed by atoms with Crippen molar-refractivity contribution in [2.45, 2.75) is 44.9 Å². The molecule has 0 amide bonds. The van der Waals surface area contributed by atoms with E-state index in [9.17, 15) is 0 Å². The molecule has 0 atom stereocenters. The molecule has 0 unspecified atom stereocenters. The van der Waals surface area contributed by atoms with Crippen molar-refractivity contribution in [2.24, 2.45) is 0 Å². The quantitative estimate of drug-likeness (QED) is 0.768. The molecule has 1 fully saturated rings. The summed E-state index contributed by atoms with van der Waals surface area (Å²) in [5, 5.41) is 4.58. The molecule has 0 aliphatic heterocycles. The van der Waals surface area contributed by atoms with Gasteiger partial charge in [0, 0.05) is 5.69 Å². The van der Waals surface area contributed by atoms with E-state index in [-0.39, 0.29) is 0 Å². The zero-order valence-electron chi connectivity index (χ0n) is 11.0. The lowest BCUT2D eigenvalue weighted by atomic mass is 9.84. The number of para-hydroxylation sites is 1. The van der Waals surface area contributed by atoms with Gasteiger partial charge in [-0.25, -0.2) is 4.68 Å². The van der Waals surface area contributed by atoms with E-state index in [2.05, 4.69) is 47.2 Å². The molecular formula is C16H20N2. The fourth-order valence-electron chi connectivity index (χ4n) is 3.07. The van der Waals surface area contributed by atoms with Gasteiger partial charge in [0.1, 0.15) is 0 Å². The Morgan fingerprint density at radius 2 is 1.78 bits per heavy atom. The smallest absolute Gasteiger partial charge is 0.0648 e. The second kappa shape index (κ2) is 4.97. The summed E-state index contributed by atoms with van der Waals surface area (Å²) in [5.41, 5.74) is 3.93. The molecule has 1 aromatic heterocycles. The van der Waals surface area contributed by atoms with Crippen molar-refractivity contribution in [3.63, 3.8) is 0 Å². The molecule has 2 aromatic rings. The van der Waals surface area contributed by atoms with Crippen molar-refractivity contribution in [2.75, 3.05) is 0 Å². The van der Waals surface area contributed by atoms with Crippen LogP contribution in [0.5, 0.6) is 0 Å². The lowest BCUT2D eigenvalue weighted by Crippen LogP contribution is -2.06. The van der Waals surface area contributed by atoms with Crippen molar-refractivity contribution < 1.29 is 0 Å². The molecule has 2 heteroatoms. The monoisotopic (exact) mass is 240 g/mol. The van der Waals surface area contributed by atoms with Crippen LogP contribution in [-0.4, -0.2) is 9.78 Å². The fourth-order valence-corrected chi connectivity index (χ4v) is 3.07. The Bertz CT molecular complexity index is 507. The van der Waals surface area contributed by atoms with Gasteiger partial charge in [0.15, 0.2) is 0 Å². The standard InChI is InChI=1S/C16H20N2/c1-13-16(14-8-4-2-5-9-14)12-17-18(13)15-10-6-3-7-11-15/h3,6-7,10-12,14H,2,4-5,8-9H2,1H3. The van der Waals surface area contributed by atoms with Gasteiger partial charge in [-0.15, -0.1) is 0 Å². The molecule has 2 nitrogen and oxygen atoms in total. The van der Waals surface area contributed by atoms with Crippen molar-refractivity contribution in [1.82, 2.24) is 9.78 Å². The fraction of sp³-hybridized carbons (Fsp3) is 0.438. The third-order valence-electron chi connectivity index (χ3n) is 4.09. The first-order chi connectivity index (χ1) is 8.86. The van der Waals surface area contributed by atoms with Gasteiger partial charge in [0.05, 0.1) is 11.9 Å². The molecule has 1 saturated carbocycles. The van der Waals surface area contributed by atoms with E-state index >= 15 is 0 Å². The number of nitrogens with zero attached hydrogens (tertiary/aromatic N) is 2. The number of hydrogen-bond donors (Lipinski definition) is 0. The molecule has 0 radical (unpaired) electrons. The second-order valence-electron chi connectivity index (χ2n) is 5.27. The minimum atomic E-state index is 0.733. The van der Waals surface area contributed by atoms with Gasteiger partial charge in [0.2, 0.25) is 0 Å². The zero-order valence-corrected chi connectivity index (χ0v) is 11.0. The predicted molar refractivity (Wildman–Crippen MR) is 74.1 cm³/mol. The molecule has 0 saturated heterocycles. The van der Waals surface area contributed by atoms with Crippen LogP contribution in [0.25, 0.3) is 5.69 Å². The normalized spacial score (nSPS) is 16.9. The summed E-state index contributed by atoms with van der Waals surface area (Å²) in [5.74, 6) is 0.733. The van der Waals surface area contributed by atoms with E-state index in [1.807, 2.05) is 6.07 Å². The third kappa shape index (κ3) is 2.07. The lowest BCUT2D eigenvalue weighted by molar-refractivity contribution is 0.442. The lowest BCUT2D eigenvalue weighted by Gasteiger charge is -2.21. The van der Waals surface area contributed by atoms with E-state index in [0.29, 0.717) is 0 Å². The highest BCUT2D eigenvalue weighted by Crippen LogP contribution is 2.34. The van der Waals surface area contributed by atoms with Crippen molar-refractivity contribution >= 4 is 0 Å². The summed E-state index contributed by atoms with van der Waals surface area (Å²) in [6.45, 7) is 2.20. The van der Waals surface area contributed by atoms with Crippen LogP contribution in [-0.2, 0) is 0 Å². The van der Waals surface area contributed by atoms with Gasteiger partial charge in [-0.3, -0.25) is 0 Å². The van der Waals surface area contributed by atoms with E-state index in [1.54, 1.807) is 0 Å². The average Bonchev–Trinajstić information content (AvgIpc) is 2.83. The first kappa shape index (κ1) is 11.5. The predicted octanol–water partition coefficient (Wildman–Crippen LogP) is 4.23. The Balaban J connectivity index is 1.92. The van der Waals surface area contributed by atoms with Crippen LogP contribution in [0.1, 0.15) is 49.3 Å². The van der Waals surface area contributed by atoms with Crippen molar-refractivity contribution in [3.05, 3.63) is 47.8 Å². The number of aromatic nitrogens is 2. The van der Waals surface area contributed by atoms with E-state index in [4.69, 9.17) is 0 Å². The van der Waals surface area contributed by atoms with Gasteiger partial charge < -0.3 is 0 Å². The summed E-state index contributed by atoms with van der Waals surface area (Å²) < 4.78 is 2.07. The topological polar surface area (TPSA) is 17.8 Å². The molecule has 1 aliphatic rings. The summed E-state index contributed by atoms with van der Waals surface area (Å²) in [7, 11) is 0. The number of hydrogen-bond acceptors (Lipinski definition) is 1. The number of benzene rings is 1. The maximum atomic E-state index is 4.58. The largest absolute Gasteiger partial charge is 0.238 e. The van der Waals surface area contributed by atoms with Gasteiger partial charge in [-0.05, 0) is 43.4 Å². The highest BCUT2D eigenvalue weighted by molar-refractivity contribution is 5.35. The Hall–Kier alpha value is -1.57. The average molecular weight is 240 g/mol. The van der Waals surface area contributed by atoms with E-state index < -0.39 is 0 Å². The Kier molecular flexibility index (Phi) is 3.18. The van der Waals surface area contributed by atoms with Crippen LogP contribution < -0.4 is 0 Å². The van der Waals surface area contributed by atoms with Crippen LogP contribution in [0.3, 0.4) is 0 Å². The Morgan fingerprint density at radius 3 is 2.50 bits per heavy atom. The minimum Gasteiger partial charge on any atom is -0.238 e. The second-order valence-corrected chi connectivity index (χ2v) is 5.27. The molecule has 1 heterocycles.